The minimum Gasteiger partial charge on any atom is -0.476 e. The van der Waals surface area contributed by atoms with Gasteiger partial charge in [-0.1, -0.05) is 23.2 Å². The van der Waals surface area contributed by atoms with Crippen molar-refractivity contribution in [3.8, 4) is 0 Å². The average molecular weight is 361 g/mol. The van der Waals surface area contributed by atoms with Crippen molar-refractivity contribution in [2.24, 2.45) is 11.6 Å². The molecule has 0 bridgehead atoms. The lowest BCUT2D eigenvalue weighted by atomic mass is 10.1. The van der Waals surface area contributed by atoms with E-state index in [4.69, 9.17) is 44.6 Å². The van der Waals surface area contributed by atoms with Crippen LogP contribution in [0.2, 0.25) is 10.0 Å². The number of nitrogens with zero attached hydrogens (tertiary/aromatic N) is 1. The Kier molecular flexibility index (Phi) is 5.81. The Morgan fingerprint density at radius 1 is 1.26 bits per heavy atom. The fourth-order valence-electron chi connectivity index (χ4n) is 2.43. The van der Waals surface area contributed by atoms with Crippen LogP contribution in [0.3, 0.4) is 0 Å². The van der Waals surface area contributed by atoms with Gasteiger partial charge in [-0.2, -0.15) is 0 Å². The van der Waals surface area contributed by atoms with Crippen LogP contribution >= 0.6 is 23.2 Å². The van der Waals surface area contributed by atoms with Crippen molar-refractivity contribution in [2.75, 3.05) is 18.0 Å². The van der Waals surface area contributed by atoms with E-state index in [1.54, 1.807) is 6.07 Å². The Labute approximate surface area is 143 Å². The number of aliphatic carboxylic acids is 1. The quantitative estimate of drug-likeness (QED) is 0.273. The summed E-state index contributed by atoms with van der Waals surface area (Å²) in [6, 6.07) is 5.38. The minimum atomic E-state index is -1.27. The summed E-state index contributed by atoms with van der Waals surface area (Å²) in [6.45, 7) is 1.43. The Morgan fingerprint density at radius 3 is 2.30 bits per heavy atom. The maximum Gasteiger partial charge on any atom is 0.358 e. The second-order valence-corrected chi connectivity index (χ2v) is 5.99. The van der Waals surface area contributed by atoms with Crippen molar-refractivity contribution >= 4 is 34.9 Å². The molecule has 1 aromatic rings. The third-order valence-corrected chi connectivity index (χ3v) is 3.99. The van der Waals surface area contributed by atoms with E-state index in [-0.39, 0.29) is 17.7 Å². The first-order chi connectivity index (χ1) is 10.9. The van der Waals surface area contributed by atoms with Crippen LogP contribution in [0.25, 0.3) is 0 Å². The van der Waals surface area contributed by atoms with E-state index in [0.29, 0.717) is 36.0 Å². The molecule has 2 rings (SSSR count). The number of carboxylic acids is 1. The van der Waals surface area contributed by atoms with Gasteiger partial charge in [0, 0.05) is 41.7 Å². The second-order valence-electron chi connectivity index (χ2n) is 5.12. The first kappa shape index (κ1) is 17.5. The molecule has 0 saturated carbocycles. The first-order valence-corrected chi connectivity index (χ1v) is 7.73. The molecule has 6 N–H and O–H groups in total. The van der Waals surface area contributed by atoms with Gasteiger partial charge in [-0.05, 0) is 18.2 Å². The zero-order chi connectivity index (χ0) is 17.0. The van der Waals surface area contributed by atoms with Gasteiger partial charge in [0.1, 0.15) is 6.10 Å². The molecule has 1 aromatic carbocycles. The van der Waals surface area contributed by atoms with Crippen molar-refractivity contribution in [1.82, 2.24) is 5.43 Å². The summed E-state index contributed by atoms with van der Waals surface area (Å²) in [5.41, 5.74) is 8.25. The molecule has 1 heterocycles. The van der Waals surface area contributed by atoms with Crippen LogP contribution in [0.4, 0.5) is 5.69 Å². The van der Waals surface area contributed by atoms with Gasteiger partial charge in [-0.25, -0.2) is 4.79 Å². The molecule has 0 atom stereocenters. The van der Waals surface area contributed by atoms with E-state index in [1.165, 1.54) is 0 Å². The summed E-state index contributed by atoms with van der Waals surface area (Å²) in [4.78, 5) is 13.1. The number of halogens is 2. The van der Waals surface area contributed by atoms with Crippen molar-refractivity contribution < 1.29 is 14.6 Å². The third-order valence-electron chi connectivity index (χ3n) is 3.55. The third kappa shape index (κ3) is 4.57. The van der Waals surface area contributed by atoms with Gasteiger partial charge < -0.3 is 25.9 Å². The molecule has 0 aliphatic carbocycles. The predicted octanol–water partition coefficient (Wildman–Crippen LogP) is 1.65. The highest BCUT2D eigenvalue weighted by Gasteiger charge is 2.23. The molecule has 9 heteroatoms. The minimum absolute atomic E-state index is 0.177. The van der Waals surface area contributed by atoms with Crippen LogP contribution in [-0.4, -0.2) is 30.3 Å². The van der Waals surface area contributed by atoms with Crippen molar-refractivity contribution in [2.45, 2.75) is 18.9 Å². The van der Waals surface area contributed by atoms with E-state index in [9.17, 15) is 4.79 Å². The van der Waals surface area contributed by atoms with Gasteiger partial charge in [-0.15, -0.1) is 0 Å². The summed E-state index contributed by atoms with van der Waals surface area (Å²) in [5.74, 6) is 3.64. The molecule has 1 fully saturated rings. The smallest absolute Gasteiger partial charge is 0.358 e. The van der Waals surface area contributed by atoms with Crippen LogP contribution in [0.1, 0.15) is 12.8 Å². The summed E-state index contributed by atoms with van der Waals surface area (Å²) in [7, 11) is 0. The van der Waals surface area contributed by atoms with Crippen LogP contribution in [-0.2, 0) is 9.53 Å². The van der Waals surface area contributed by atoms with E-state index in [1.807, 2.05) is 17.6 Å². The van der Waals surface area contributed by atoms with Gasteiger partial charge in [-0.3, -0.25) is 5.84 Å². The standard InChI is InChI=1S/C14H18Cl2N4O3/c15-8-5-9(16)7-10(6-8)20-3-1-11(2-4-20)23-13(17)12(19-18)14(21)22/h5-7,11,19H,1-4,17-18H2,(H,21,22)/b13-12+. The second kappa shape index (κ2) is 7.63. The van der Waals surface area contributed by atoms with E-state index >= 15 is 0 Å². The molecule has 0 spiro atoms. The molecular weight excluding hydrogens is 343 g/mol. The maximum absolute atomic E-state index is 10.9. The Morgan fingerprint density at radius 2 is 1.83 bits per heavy atom. The van der Waals surface area contributed by atoms with Gasteiger partial charge in [0.2, 0.25) is 5.88 Å². The van der Waals surface area contributed by atoms with Gasteiger partial charge in [0.25, 0.3) is 0 Å². The number of carboxylic acid groups (broad SMARTS) is 1. The molecular formula is C14H18Cl2N4O3. The molecule has 0 aromatic heterocycles. The predicted molar refractivity (Wildman–Crippen MR) is 89.0 cm³/mol. The highest BCUT2D eigenvalue weighted by atomic mass is 35.5. The fourth-order valence-corrected chi connectivity index (χ4v) is 2.94. The molecule has 7 nitrogen and oxygen atoms in total. The molecule has 23 heavy (non-hydrogen) atoms. The van der Waals surface area contributed by atoms with E-state index in [0.717, 1.165) is 5.69 Å². The number of hydrogen-bond acceptors (Lipinski definition) is 6. The van der Waals surface area contributed by atoms with Crippen LogP contribution < -0.4 is 21.9 Å². The normalized spacial score (nSPS) is 16.7. The van der Waals surface area contributed by atoms with Crippen molar-refractivity contribution in [3.05, 3.63) is 39.8 Å². The molecule has 126 valence electrons. The summed E-state index contributed by atoms with van der Waals surface area (Å²) < 4.78 is 5.49. The van der Waals surface area contributed by atoms with E-state index in [2.05, 4.69) is 4.90 Å². The zero-order valence-corrected chi connectivity index (χ0v) is 13.8. The molecule has 1 aliphatic rings. The maximum atomic E-state index is 10.9. The molecule has 0 radical (unpaired) electrons. The number of hydrazine groups is 1. The molecule has 0 unspecified atom stereocenters. The Balaban J connectivity index is 1.97. The zero-order valence-electron chi connectivity index (χ0n) is 12.3. The lowest BCUT2D eigenvalue weighted by Gasteiger charge is -2.34. The number of carbonyl (C=O) groups is 1. The number of ether oxygens (including phenoxy) is 1. The van der Waals surface area contributed by atoms with Crippen molar-refractivity contribution in [1.29, 1.82) is 0 Å². The highest BCUT2D eigenvalue weighted by Crippen LogP contribution is 2.28. The Hall–Kier alpha value is -1.83. The SMILES string of the molecule is NN/C(C(=O)O)=C(\N)OC1CCN(c2cc(Cl)cc(Cl)c2)CC1. The van der Waals surface area contributed by atoms with Crippen LogP contribution in [0, 0.1) is 0 Å². The monoisotopic (exact) mass is 360 g/mol. The summed E-state index contributed by atoms with van der Waals surface area (Å²) in [5, 5.41) is 10.1. The number of rotatable bonds is 5. The molecule has 1 saturated heterocycles. The van der Waals surface area contributed by atoms with E-state index < -0.39 is 5.97 Å². The highest BCUT2D eigenvalue weighted by molar-refractivity contribution is 6.35. The summed E-state index contributed by atoms with van der Waals surface area (Å²) in [6.07, 6.45) is 1.19. The molecule has 0 amide bonds. The molecule has 1 aliphatic heterocycles. The lowest BCUT2D eigenvalue weighted by Crippen LogP contribution is -2.38. The summed E-state index contributed by atoms with van der Waals surface area (Å²) >= 11 is 12.0. The average Bonchev–Trinajstić information content (AvgIpc) is 2.47. The number of nitrogens with two attached hydrogens (primary N) is 2. The van der Waals surface area contributed by atoms with Crippen molar-refractivity contribution in [3.63, 3.8) is 0 Å². The van der Waals surface area contributed by atoms with Crippen LogP contribution in [0.15, 0.2) is 29.8 Å². The number of anilines is 1. The number of nitrogens with one attached hydrogen (secondary N) is 1. The topological polar surface area (TPSA) is 114 Å². The first-order valence-electron chi connectivity index (χ1n) is 6.98. The number of piperidine rings is 1. The number of benzene rings is 1. The van der Waals surface area contributed by atoms with Gasteiger partial charge in [0.05, 0.1) is 0 Å². The van der Waals surface area contributed by atoms with Gasteiger partial charge >= 0.3 is 5.97 Å². The number of hydrogen-bond donors (Lipinski definition) is 4. The largest absolute Gasteiger partial charge is 0.476 e. The van der Waals surface area contributed by atoms with Gasteiger partial charge in [0.15, 0.2) is 5.70 Å². The Bertz CT molecular complexity index is 596. The van der Waals surface area contributed by atoms with Crippen LogP contribution in [0.5, 0.6) is 0 Å². The lowest BCUT2D eigenvalue weighted by molar-refractivity contribution is -0.133. The fraction of sp³-hybridized carbons (Fsp3) is 0.357.